The quantitative estimate of drug-likeness (QED) is 0.665. The maximum Gasteiger partial charge on any atom is 0.0320 e. The third-order valence-corrected chi connectivity index (χ3v) is 4.97. The van der Waals surface area contributed by atoms with E-state index in [1.165, 1.54) is 30.4 Å². The Morgan fingerprint density at radius 2 is 2.42 bits per heavy atom. The summed E-state index contributed by atoms with van der Waals surface area (Å²) in [4.78, 5) is 5.73. The highest BCUT2D eigenvalue weighted by atomic mass is 32.1. The number of thiophene rings is 1. The molecule has 2 unspecified atom stereocenters. The predicted molar refractivity (Wildman–Crippen MR) is 79.1 cm³/mol. The molecular weight excluding hydrogens is 254 g/mol. The Balaban J connectivity index is 1.80. The smallest absolute Gasteiger partial charge is 0.0320 e. The molecule has 100 valence electrons. The molecule has 0 saturated carbocycles. The van der Waals surface area contributed by atoms with E-state index in [1.807, 2.05) is 29.8 Å². The summed E-state index contributed by atoms with van der Waals surface area (Å²) in [5.74, 6) is 6.34. The number of nitrogens with one attached hydrogen (secondary N) is 1. The summed E-state index contributed by atoms with van der Waals surface area (Å²) in [7, 11) is 0. The van der Waals surface area contributed by atoms with Crippen molar-refractivity contribution in [1.29, 1.82) is 0 Å². The molecule has 0 amide bonds. The van der Waals surface area contributed by atoms with Gasteiger partial charge in [-0.05, 0) is 54.3 Å². The largest absolute Gasteiger partial charge is 0.271 e. The molecule has 2 heterocycles. The minimum absolute atomic E-state index is 0.290. The van der Waals surface area contributed by atoms with Gasteiger partial charge in [-0.1, -0.05) is 6.07 Å². The van der Waals surface area contributed by atoms with Gasteiger partial charge in [-0.2, -0.15) is 0 Å². The van der Waals surface area contributed by atoms with Crippen LogP contribution in [0, 0.1) is 0 Å². The average Bonchev–Trinajstić information content (AvgIpc) is 2.94. The minimum atomic E-state index is 0.290. The fraction of sp³-hybridized carbons (Fsp3) is 0.400. The van der Waals surface area contributed by atoms with Crippen LogP contribution in [0.2, 0.25) is 0 Å². The zero-order chi connectivity index (χ0) is 13.1. The highest BCUT2D eigenvalue weighted by Crippen LogP contribution is 2.37. The second-order valence-electron chi connectivity index (χ2n) is 5.14. The Kier molecular flexibility index (Phi) is 3.92. The molecule has 0 bridgehead atoms. The number of fused-ring (bicyclic) bond motifs is 1. The van der Waals surface area contributed by atoms with Crippen molar-refractivity contribution in [3.05, 3.63) is 52.0 Å². The molecule has 0 aromatic carbocycles. The molecule has 0 radical (unpaired) electrons. The van der Waals surface area contributed by atoms with E-state index in [9.17, 15) is 0 Å². The third-order valence-electron chi connectivity index (χ3n) is 3.98. The molecule has 19 heavy (non-hydrogen) atoms. The third kappa shape index (κ3) is 2.71. The van der Waals surface area contributed by atoms with Crippen LogP contribution >= 0.6 is 11.3 Å². The first-order chi connectivity index (χ1) is 9.38. The van der Waals surface area contributed by atoms with Gasteiger partial charge < -0.3 is 0 Å². The Bertz CT molecular complexity index is 523. The van der Waals surface area contributed by atoms with Gasteiger partial charge in [0.1, 0.15) is 0 Å². The van der Waals surface area contributed by atoms with Crippen LogP contribution < -0.4 is 11.3 Å². The summed E-state index contributed by atoms with van der Waals surface area (Å²) in [6.45, 7) is 0. The second-order valence-corrected chi connectivity index (χ2v) is 6.14. The van der Waals surface area contributed by atoms with E-state index < -0.39 is 0 Å². The number of hydrazine groups is 1. The number of nitrogens with zero attached hydrogens (tertiary/aromatic N) is 1. The van der Waals surface area contributed by atoms with Gasteiger partial charge in [0.15, 0.2) is 0 Å². The molecule has 2 aromatic heterocycles. The lowest BCUT2D eigenvalue weighted by Crippen LogP contribution is -2.42. The lowest BCUT2D eigenvalue weighted by atomic mass is 9.81. The van der Waals surface area contributed by atoms with Crippen LogP contribution in [-0.2, 0) is 12.8 Å². The van der Waals surface area contributed by atoms with Gasteiger partial charge in [-0.25, -0.2) is 0 Å². The Hall–Kier alpha value is -1.23. The summed E-state index contributed by atoms with van der Waals surface area (Å²) in [5, 5.41) is 2.21. The van der Waals surface area contributed by atoms with Crippen LogP contribution in [-0.4, -0.2) is 11.0 Å². The summed E-state index contributed by atoms with van der Waals surface area (Å²) in [6.07, 6.45) is 8.40. The minimum Gasteiger partial charge on any atom is -0.271 e. The summed E-state index contributed by atoms with van der Waals surface area (Å²) in [6, 6.07) is 6.67. The van der Waals surface area contributed by atoms with E-state index in [1.54, 1.807) is 4.88 Å². The zero-order valence-electron chi connectivity index (χ0n) is 10.9. The number of aryl methyl sites for hydroxylation is 1. The Labute approximate surface area is 117 Å². The van der Waals surface area contributed by atoms with Crippen molar-refractivity contribution in [3.63, 3.8) is 0 Å². The standard InChI is InChI=1S/C15H19N3S/c16-18-14(9-11-3-2-7-17-10-11)12-4-1-5-15-13(12)6-8-19-15/h2-3,6-8,10,12,14,18H,1,4-5,9,16H2. The predicted octanol–water partition coefficient (Wildman–Crippen LogP) is 2.64. The molecule has 0 saturated heterocycles. The van der Waals surface area contributed by atoms with E-state index >= 15 is 0 Å². The van der Waals surface area contributed by atoms with Crippen molar-refractivity contribution in [3.8, 4) is 0 Å². The highest BCUT2D eigenvalue weighted by molar-refractivity contribution is 7.10. The van der Waals surface area contributed by atoms with Crippen molar-refractivity contribution in [2.75, 3.05) is 0 Å². The van der Waals surface area contributed by atoms with E-state index in [0.717, 1.165) is 6.42 Å². The number of nitrogens with two attached hydrogens (primary N) is 1. The van der Waals surface area contributed by atoms with Crippen LogP contribution in [0.15, 0.2) is 36.0 Å². The lowest BCUT2D eigenvalue weighted by molar-refractivity contribution is 0.397. The van der Waals surface area contributed by atoms with E-state index in [2.05, 4.69) is 27.9 Å². The topological polar surface area (TPSA) is 50.9 Å². The summed E-state index contributed by atoms with van der Waals surface area (Å²) in [5.41, 5.74) is 5.77. The number of rotatable bonds is 4. The van der Waals surface area contributed by atoms with Crippen LogP contribution in [0.3, 0.4) is 0 Å². The second kappa shape index (κ2) is 5.82. The maximum atomic E-state index is 5.81. The number of hydrogen-bond donors (Lipinski definition) is 2. The Morgan fingerprint density at radius 1 is 1.47 bits per heavy atom. The van der Waals surface area contributed by atoms with Gasteiger partial charge in [0.05, 0.1) is 0 Å². The van der Waals surface area contributed by atoms with E-state index in [4.69, 9.17) is 5.84 Å². The number of aromatic nitrogens is 1. The van der Waals surface area contributed by atoms with Crippen molar-refractivity contribution in [1.82, 2.24) is 10.4 Å². The van der Waals surface area contributed by atoms with Gasteiger partial charge in [0.25, 0.3) is 0 Å². The fourth-order valence-electron chi connectivity index (χ4n) is 3.03. The molecule has 2 atom stereocenters. The van der Waals surface area contributed by atoms with Gasteiger partial charge in [-0.15, -0.1) is 11.3 Å². The monoisotopic (exact) mass is 273 g/mol. The van der Waals surface area contributed by atoms with Gasteiger partial charge in [0.2, 0.25) is 0 Å². The van der Waals surface area contributed by atoms with Crippen LogP contribution in [0.25, 0.3) is 0 Å². The first-order valence-corrected chi connectivity index (χ1v) is 7.67. The molecule has 3 nitrogen and oxygen atoms in total. The van der Waals surface area contributed by atoms with Crippen molar-refractivity contribution in [2.24, 2.45) is 5.84 Å². The average molecular weight is 273 g/mol. The molecule has 0 fully saturated rings. The van der Waals surface area contributed by atoms with E-state index in [0.29, 0.717) is 5.92 Å². The molecule has 1 aliphatic carbocycles. The van der Waals surface area contributed by atoms with Crippen LogP contribution in [0.4, 0.5) is 0 Å². The zero-order valence-corrected chi connectivity index (χ0v) is 11.7. The molecular formula is C15H19N3S. The lowest BCUT2D eigenvalue weighted by Gasteiger charge is -2.30. The molecule has 3 N–H and O–H groups in total. The van der Waals surface area contributed by atoms with Crippen LogP contribution in [0.1, 0.15) is 34.8 Å². The van der Waals surface area contributed by atoms with E-state index in [-0.39, 0.29) is 6.04 Å². The molecule has 1 aliphatic rings. The van der Waals surface area contributed by atoms with Crippen molar-refractivity contribution < 1.29 is 0 Å². The molecule has 0 spiro atoms. The molecule has 4 heteroatoms. The maximum absolute atomic E-state index is 5.81. The number of hydrogen-bond acceptors (Lipinski definition) is 4. The highest BCUT2D eigenvalue weighted by Gasteiger charge is 2.28. The Morgan fingerprint density at radius 3 is 3.21 bits per heavy atom. The van der Waals surface area contributed by atoms with Gasteiger partial charge in [-0.3, -0.25) is 16.3 Å². The SMILES string of the molecule is NNC(Cc1cccnc1)C1CCCc2sccc21. The van der Waals surface area contributed by atoms with Crippen molar-refractivity contribution >= 4 is 11.3 Å². The molecule has 0 aliphatic heterocycles. The molecule has 2 aromatic rings. The summed E-state index contributed by atoms with van der Waals surface area (Å²) < 4.78 is 0. The molecule has 3 rings (SSSR count). The normalized spacial score (nSPS) is 19.9. The van der Waals surface area contributed by atoms with Gasteiger partial charge in [0, 0.05) is 29.2 Å². The van der Waals surface area contributed by atoms with Gasteiger partial charge >= 0.3 is 0 Å². The van der Waals surface area contributed by atoms with Crippen LogP contribution in [0.5, 0.6) is 0 Å². The van der Waals surface area contributed by atoms with Crippen molar-refractivity contribution in [2.45, 2.75) is 37.6 Å². The summed E-state index contributed by atoms with van der Waals surface area (Å²) >= 11 is 1.88. The first kappa shape index (κ1) is 12.8. The first-order valence-electron chi connectivity index (χ1n) is 6.80. The fourth-order valence-corrected chi connectivity index (χ4v) is 4.03. The number of pyridine rings is 1.